The van der Waals surface area contributed by atoms with Gasteiger partial charge < -0.3 is 17.9 Å². The van der Waals surface area contributed by atoms with Crippen molar-refractivity contribution >= 4 is 29.6 Å². The first-order valence-corrected chi connectivity index (χ1v) is 5.55. The van der Waals surface area contributed by atoms with Crippen molar-refractivity contribution in [1.29, 1.82) is 0 Å². The maximum atomic E-state index is 11.9. The van der Waals surface area contributed by atoms with Crippen molar-refractivity contribution in [3.05, 3.63) is 12.7 Å². The maximum absolute atomic E-state index is 11.9. The van der Waals surface area contributed by atoms with Crippen molar-refractivity contribution < 1.29 is 9.59 Å². The van der Waals surface area contributed by atoms with Gasteiger partial charge in [0.05, 0.1) is 0 Å². The third-order valence-corrected chi connectivity index (χ3v) is 2.71. The predicted octanol–water partition coefficient (Wildman–Crippen LogP) is 1.15. The van der Waals surface area contributed by atoms with Gasteiger partial charge in [-0.1, -0.05) is 19.9 Å². The Morgan fingerprint density at radius 3 is 2.62 bits per heavy atom. The van der Waals surface area contributed by atoms with Crippen molar-refractivity contribution in [3.63, 3.8) is 0 Å². The predicted molar refractivity (Wildman–Crippen MR) is 64.7 cm³/mol. The largest absolute Gasteiger partial charge is 0.742 e. The van der Waals surface area contributed by atoms with Crippen LogP contribution in [-0.4, -0.2) is 17.0 Å². The number of carbonyl (C=O) groups is 2. The Morgan fingerprint density at radius 2 is 2.19 bits per heavy atom. The highest BCUT2D eigenvalue weighted by Crippen LogP contribution is 2.34. The molecule has 1 rings (SSSR count). The molecule has 1 aliphatic rings. The third-order valence-electron chi connectivity index (χ3n) is 2.52. The Kier molecular flexibility index (Phi) is 3.80. The summed E-state index contributed by atoms with van der Waals surface area (Å²) in [6.07, 6.45) is 2.32. The minimum atomic E-state index is -1.11. The molecular formula is C11H15N2O2S-. The van der Waals surface area contributed by atoms with E-state index in [-0.39, 0.29) is 17.0 Å². The molecule has 1 heterocycles. The maximum Gasteiger partial charge on any atom is 0.261 e. The van der Waals surface area contributed by atoms with Crippen molar-refractivity contribution in [3.8, 4) is 0 Å². The van der Waals surface area contributed by atoms with Crippen LogP contribution < -0.4 is 5.32 Å². The van der Waals surface area contributed by atoms with Gasteiger partial charge in [-0.3, -0.25) is 9.59 Å². The Labute approximate surface area is 101 Å². The van der Waals surface area contributed by atoms with Crippen LogP contribution in [0.5, 0.6) is 0 Å². The molecule has 1 atom stereocenters. The zero-order valence-corrected chi connectivity index (χ0v) is 10.3. The average molecular weight is 239 g/mol. The van der Waals surface area contributed by atoms with E-state index in [1.807, 2.05) is 13.8 Å². The van der Waals surface area contributed by atoms with Gasteiger partial charge in [-0.15, -0.1) is 6.58 Å². The Balaban J connectivity index is 3.12. The van der Waals surface area contributed by atoms with Gasteiger partial charge in [-0.05, 0) is 23.9 Å². The standard InChI is InChI=1S/C11H16N2O2S/c1-4-5-11(6-7(2)3)8(14)12-10(16)13-9(11)15/h4,7H,1,5-6H2,2-3H3,(H2,12,13,14,15,16)/p-1. The molecule has 16 heavy (non-hydrogen) atoms. The molecule has 5 heteroatoms. The van der Waals surface area contributed by atoms with Gasteiger partial charge in [0.1, 0.15) is 5.41 Å². The smallest absolute Gasteiger partial charge is 0.261 e. The lowest BCUT2D eigenvalue weighted by Crippen LogP contribution is -2.52. The van der Waals surface area contributed by atoms with Crippen molar-refractivity contribution in [2.75, 3.05) is 0 Å². The molecule has 0 radical (unpaired) electrons. The topological polar surface area (TPSA) is 58.5 Å². The minimum Gasteiger partial charge on any atom is -0.742 e. The fourth-order valence-corrected chi connectivity index (χ4v) is 2.10. The SMILES string of the molecule is C=CCC1(CC(C)C)C(=O)N=C([S-])NC1=O. The number of amidine groups is 1. The first kappa shape index (κ1) is 12.8. The van der Waals surface area contributed by atoms with Gasteiger partial charge >= 0.3 is 0 Å². The molecule has 1 N–H and O–H groups in total. The second-order valence-electron chi connectivity index (χ2n) is 4.35. The Bertz CT molecular complexity index is 363. The monoisotopic (exact) mass is 239 g/mol. The summed E-state index contributed by atoms with van der Waals surface area (Å²) in [6.45, 7) is 7.50. The van der Waals surface area contributed by atoms with E-state index in [0.29, 0.717) is 12.8 Å². The number of nitrogens with zero attached hydrogens (tertiary/aromatic N) is 1. The fraction of sp³-hybridized carbons (Fsp3) is 0.545. The number of carbonyl (C=O) groups excluding carboxylic acids is 2. The summed E-state index contributed by atoms with van der Waals surface area (Å²) in [4.78, 5) is 27.5. The number of hydrogen-bond acceptors (Lipinski definition) is 3. The first-order chi connectivity index (χ1) is 7.42. The highest BCUT2D eigenvalue weighted by atomic mass is 32.1. The zero-order chi connectivity index (χ0) is 12.3. The van der Waals surface area contributed by atoms with Gasteiger partial charge in [-0.25, -0.2) is 4.99 Å². The van der Waals surface area contributed by atoms with Crippen LogP contribution in [0.3, 0.4) is 0 Å². The molecule has 0 aromatic carbocycles. The van der Waals surface area contributed by atoms with Crippen molar-refractivity contribution in [2.45, 2.75) is 26.7 Å². The van der Waals surface area contributed by atoms with E-state index in [2.05, 4.69) is 16.9 Å². The summed E-state index contributed by atoms with van der Waals surface area (Å²) in [6, 6.07) is 0. The van der Waals surface area contributed by atoms with E-state index in [9.17, 15) is 9.59 Å². The van der Waals surface area contributed by atoms with E-state index in [1.54, 1.807) is 6.08 Å². The molecule has 0 aromatic heterocycles. The Morgan fingerprint density at radius 1 is 1.56 bits per heavy atom. The molecule has 0 fully saturated rings. The van der Waals surface area contributed by atoms with E-state index < -0.39 is 11.3 Å². The molecule has 1 aliphatic heterocycles. The van der Waals surface area contributed by atoms with Gasteiger partial charge in [0, 0.05) is 0 Å². The molecule has 0 saturated heterocycles. The number of aliphatic imine (C=N–C) groups is 1. The quantitative estimate of drug-likeness (QED) is 0.455. The van der Waals surface area contributed by atoms with Crippen LogP contribution in [-0.2, 0) is 22.2 Å². The molecule has 0 aromatic rings. The van der Waals surface area contributed by atoms with E-state index in [4.69, 9.17) is 12.6 Å². The van der Waals surface area contributed by atoms with E-state index in [1.165, 1.54) is 0 Å². The third kappa shape index (κ3) is 2.29. The molecule has 0 bridgehead atoms. The van der Waals surface area contributed by atoms with Crippen LogP contribution in [0.15, 0.2) is 17.6 Å². The molecule has 0 spiro atoms. The molecule has 1 unspecified atom stereocenters. The first-order valence-electron chi connectivity index (χ1n) is 5.15. The summed E-state index contributed by atoms with van der Waals surface area (Å²) < 4.78 is 0. The summed E-state index contributed by atoms with van der Waals surface area (Å²) in [5.74, 6) is -0.586. The lowest BCUT2D eigenvalue weighted by atomic mass is 9.75. The zero-order valence-electron chi connectivity index (χ0n) is 9.45. The lowest BCUT2D eigenvalue weighted by molar-refractivity contribution is -0.142. The highest BCUT2D eigenvalue weighted by molar-refractivity contribution is 7.77. The number of rotatable bonds is 4. The lowest BCUT2D eigenvalue weighted by Gasteiger charge is -2.35. The molecule has 0 aliphatic carbocycles. The summed E-state index contributed by atoms with van der Waals surface area (Å²) in [7, 11) is 0. The van der Waals surface area contributed by atoms with Gasteiger partial charge in [0.2, 0.25) is 5.91 Å². The minimum absolute atomic E-state index is 0.0431. The van der Waals surface area contributed by atoms with Gasteiger partial charge in [0.15, 0.2) is 0 Å². The van der Waals surface area contributed by atoms with Crippen molar-refractivity contribution in [2.24, 2.45) is 16.3 Å². The van der Waals surface area contributed by atoms with Gasteiger partial charge in [-0.2, -0.15) is 0 Å². The van der Waals surface area contributed by atoms with Crippen molar-refractivity contribution in [1.82, 2.24) is 5.32 Å². The number of nitrogens with one attached hydrogen (secondary N) is 1. The summed E-state index contributed by atoms with van der Waals surface area (Å²) >= 11 is 4.71. The summed E-state index contributed by atoms with van der Waals surface area (Å²) in [5, 5.41) is 2.40. The number of hydrogen-bond donors (Lipinski definition) is 1. The van der Waals surface area contributed by atoms with Crippen LogP contribution >= 0.6 is 0 Å². The molecule has 0 saturated carbocycles. The molecule has 4 nitrogen and oxygen atoms in total. The van der Waals surface area contributed by atoms with Crippen LogP contribution in [0.2, 0.25) is 0 Å². The Hall–Kier alpha value is -1.23. The van der Waals surface area contributed by atoms with Crippen LogP contribution in [0, 0.1) is 11.3 Å². The van der Waals surface area contributed by atoms with Crippen LogP contribution in [0.1, 0.15) is 26.7 Å². The van der Waals surface area contributed by atoms with E-state index in [0.717, 1.165) is 0 Å². The average Bonchev–Trinajstić information content (AvgIpc) is 2.13. The number of allylic oxidation sites excluding steroid dienone is 1. The van der Waals surface area contributed by atoms with E-state index >= 15 is 0 Å². The normalized spacial score (nSPS) is 25.3. The second kappa shape index (κ2) is 4.74. The molecular weight excluding hydrogens is 224 g/mol. The van der Waals surface area contributed by atoms with Gasteiger partial charge in [0.25, 0.3) is 5.91 Å². The fourth-order valence-electron chi connectivity index (χ4n) is 1.93. The van der Waals surface area contributed by atoms with Crippen LogP contribution in [0.25, 0.3) is 0 Å². The highest BCUT2D eigenvalue weighted by Gasteiger charge is 2.46. The van der Waals surface area contributed by atoms with Crippen LogP contribution in [0.4, 0.5) is 0 Å². The number of amides is 2. The molecule has 2 amide bonds. The summed E-state index contributed by atoms with van der Waals surface area (Å²) in [5.41, 5.74) is -1.11. The molecule has 88 valence electrons. The second-order valence-corrected chi connectivity index (χ2v) is 4.74.